The maximum absolute atomic E-state index is 10.9. The number of hydrogen-bond acceptors (Lipinski definition) is 6. The third-order valence-corrected chi connectivity index (χ3v) is 2.92. The summed E-state index contributed by atoms with van der Waals surface area (Å²) < 4.78 is 21.5. The number of rotatable bonds is 6. The van der Waals surface area contributed by atoms with Crippen LogP contribution in [0.4, 0.5) is 11.4 Å². The lowest BCUT2D eigenvalue weighted by Crippen LogP contribution is -2.23. The molecule has 10 heteroatoms. The van der Waals surface area contributed by atoms with Crippen LogP contribution in [0.25, 0.3) is 0 Å². The first kappa shape index (κ1) is 14.9. The highest BCUT2D eigenvalue weighted by molar-refractivity contribution is 7.89. The van der Waals surface area contributed by atoms with Gasteiger partial charge in [-0.2, -0.15) is 0 Å². The van der Waals surface area contributed by atoms with Crippen molar-refractivity contribution in [3.8, 4) is 0 Å². The summed E-state index contributed by atoms with van der Waals surface area (Å²) in [5.74, 6) is -1.71. The quantitative estimate of drug-likeness (QED) is 0.491. The van der Waals surface area contributed by atoms with E-state index >= 15 is 0 Å². The van der Waals surface area contributed by atoms with Crippen molar-refractivity contribution >= 4 is 27.4 Å². The first-order valence-electron chi connectivity index (χ1n) is 4.97. The van der Waals surface area contributed by atoms with E-state index < -0.39 is 26.7 Å². The number of nitrogens with one attached hydrogen (secondary N) is 1. The van der Waals surface area contributed by atoms with Crippen LogP contribution >= 0.6 is 0 Å². The number of nitrogens with zero attached hydrogens (tertiary/aromatic N) is 1. The van der Waals surface area contributed by atoms with Crippen LogP contribution in [0, 0.1) is 10.1 Å². The molecule has 0 aliphatic carbocycles. The van der Waals surface area contributed by atoms with Crippen molar-refractivity contribution in [2.24, 2.45) is 5.14 Å². The fourth-order valence-corrected chi connectivity index (χ4v) is 1.69. The van der Waals surface area contributed by atoms with Crippen LogP contribution in [0.3, 0.4) is 0 Å². The topological polar surface area (TPSA) is 153 Å². The molecule has 0 spiro atoms. The molecule has 0 atom stereocenters. The number of primary sulfonamides is 1. The standard InChI is InChI=1S/C9H11N3O6S/c10-19(17,18)4-3-11-8-5-6(12(15)16)1-2-7(8)9(13)14/h1-2,5,11H,3-4H2,(H,13,14)(H2,10,17,18). The molecule has 0 radical (unpaired) electrons. The van der Waals surface area contributed by atoms with Crippen molar-refractivity contribution in [1.29, 1.82) is 0 Å². The van der Waals surface area contributed by atoms with Gasteiger partial charge < -0.3 is 10.4 Å². The van der Waals surface area contributed by atoms with Crippen molar-refractivity contribution in [1.82, 2.24) is 0 Å². The fourth-order valence-electron chi connectivity index (χ4n) is 1.31. The summed E-state index contributed by atoms with van der Waals surface area (Å²) in [6.07, 6.45) is 0. The van der Waals surface area contributed by atoms with Crippen LogP contribution in [0.15, 0.2) is 18.2 Å². The molecule has 1 rings (SSSR count). The summed E-state index contributed by atoms with van der Waals surface area (Å²) in [7, 11) is -3.70. The maximum atomic E-state index is 10.9. The number of nitro benzene ring substituents is 1. The molecule has 0 amide bonds. The molecule has 104 valence electrons. The number of benzene rings is 1. The van der Waals surface area contributed by atoms with Gasteiger partial charge in [-0.15, -0.1) is 0 Å². The largest absolute Gasteiger partial charge is 0.478 e. The molecule has 0 unspecified atom stereocenters. The molecular formula is C9H11N3O6S. The zero-order chi connectivity index (χ0) is 14.6. The Balaban J connectivity index is 2.98. The van der Waals surface area contributed by atoms with E-state index in [0.29, 0.717) is 0 Å². The summed E-state index contributed by atoms with van der Waals surface area (Å²) in [6, 6.07) is 3.14. The minimum absolute atomic E-state index is 0.0367. The fraction of sp³-hybridized carbons (Fsp3) is 0.222. The van der Waals surface area contributed by atoms with Crippen molar-refractivity contribution in [2.45, 2.75) is 0 Å². The van der Waals surface area contributed by atoms with Gasteiger partial charge in [0.15, 0.2) is 0 Å². The predicted molar refractivity (Wildman–Crippen MR) is 66.5 cm³/mol. The summed E-state index contributed by atoms with van der Waals surface area (Å²) in [5, 5.41) is 26.8. The highest BCUT2D eigenvalue weighted by Gasteiger charge is 2.15. The van der Waals surface area contributed by atoms with Crippen molar-refractivity contribution in [3.05, 3.63) is 33.9 Å². The predicted octanol–water partition coefficient (Wildman–Crippen LogP) is -0.00660. The monoisotopic (exact) mass is 289 g/mol. The van der Waals surface area contributed by atoms with E-state index in [2.05, 4.69) is 5.32 Å². The highest BCUT2D eigenvalue weighted by Crippen LogP contribution is 2.22. The number of anilines is 1. The number of carbonyl (C=O) groups is 1. The average Bonchev–Trinajstić information content (AvgIpc) is 2.26. The molecule has 0 heterocycles. The second-order valence-corrected chi connectivity index (χ2v) is 5.32. The lowest BCUT2D eigenvalue weighted by Gasteiger charge is -2.08. The number of aromatic carboxylic acids is 1. The Labute approximate surface area is 108 Å². The molecular weight excluding hydrogens is 278 g/mol. The van der Waals surface area contributed by atoms with E-state index in [1.807, 2.05) is 0 Å². The van der Waals surface area contributed by atoms with Crippen molar-refractivity contribution < 1.29 is 23.2 Å². The third-order valence-electron chi connectivity index (χ3n) is 2.15. The van der Waals surface area contributed by atoms with Gasteiger partial charge in [-0.25, -0.2) is 18.4 Å². The SMILES string of the molecule is NS(=O)(=O)CCNc1cc([N+](=O)[O-])ccc1C(=O)O. The third kappa shape index (κ3) is 4.52. The number of nitrogens with two attached hydrogens (primary N) is 1. The van der Waals surface area contributed by atoms with Gasteiger partial charge in [-0.1, -0.05) is 0 Å². The molecule has 9 nitrogen and oxygen atoms in total. The minimum atomic E-state index is -3.70. The van der Waals surface area contributed by atoms with Crippen LogP contribution < -0.4 is 10.5 Å². The number of carboxylic acids is 1. The number of nitro groups is 1. The molecule has 0 saturated carbocycles. The number of carboxylic acid groups (broad SMARTS) is 1. The Hall–Kier alpha value is -2.20. The molecule has 0 aliphatic heterocycles. The lowest BCUT2D eigenvalue weighted by molar-refractivity contribution is -0.384. The van der Waals surface area contributed by atoms with Crippen LogP contribution in [-0.2, 0) is 10.0 Å². The van der Waals surface area contributed by atoms with Gasteiger partial charge in [0.2, 0.25) is 10.0 Å². The van der Waals surface area contributed by atoms with E-state index in [0.717, 1.165) is 18.2 Å². The van der Waals surface area contributed by atoms with Crippen LogP contribution in [-0.4, -0.2) is 36.7 Å². The molecule has 4 N–H and O–H groups in total. The molecule has 0 aromatic heterocycles. The van der Waals surface area contributed by atoms with Gasteiger partial charge in [0.25, 0.3) is 5.69 Å². The number of hydrogen-bond donors (Lipinski definition) is 3. The molecule has 0 fully saturated rings. The van der Waals surface area contributed by atoms with Crippen molar-refractivity contribution in [3.63, 3.8) is 0 Å². The minimum Gasteiger partial charge on any atom is -0.478 e. The normalized spacial score (nSPS) is 11.0. The Morgan fingerprint density at radius 3 is 2.58 bits per heavy atom. The summed E-state index contributed by atoms with van der Waals surface area (Å²) in [4.78, 5) is 20.8. The molecule has 1 aromatic carbocycles. The number of non-ortho nitro benzene ring substituents is 1. The van der Waals surface area contributed by atoms with E-state index in [1.165, 1.54) is 0 Å². The zero-order valence-corrected chi connectivity index (χ0v) is 10.4. The van der Waals surface area contributed by atoms with Crippen molar-refractivity contribution in [2.75, 3.05) is 17.6 Å². The second kappa shape index (κ2) is 5.63. The first-order chi connectivity index (χ1) is 8.70. The van der Waals surface area contributed by atoms with E-state index in [1.54, 1.807) is 0 Å². The average molecular weight is 289 g/mol. The van der Waals surface area contributed by atoms with Crippen LogP contribution in [0.2, 0.25) is 0 Å². The van der Waals surface area contributed by atoms with Crippen LogP contribution in [0.5, 0.6) is 0 Å². The Kier molecular flexibility index (Phi) is 4.40. The van der Waals surface area contributed by atoms with E-state index in [-0.39, 0.29) is 23.5 Å². The summed E-state index contributed by atoms with van der Waals surface area (Å²) in [5.41, 5.74) is -0.534. The van der Waals surface area contributed by atoms with Gasteiger partial charge in [0.05, 0.1) is 21.9 Å². The smallest absolute Gasteiger partial charge is 0.337 e. The van der Waals surface area contributed by atoms with E-state index in [9.17, 15) is 23.3 Å². The van der Waals surface area contributed by atoms with E-state index in [4.69, 9.17) is 10.2 Å². The Morgan fingerprint density at radius 1 is 1.47 bits per heavy atom. The molecule has 0 bridgehead atoms. The molecule has 1 aromatic rings. The maximum Gasteiger partial charge on any atom is 0.337 e. The molecule has 19 heavy (non-hydrogen) atoms. The van der Waals surface area contributed by atoms with Gasteiger partial charge in [-0.05, 0) is 6.07 Å². The summed E-state index contributed by atoms with van der Waals surface area (Å²) >= 11 is 0. The first-order valence-corrected chi connectivity index (χ1v) is 6.68. The lowest BCUT2D eigenvalue weighted by atomic mass is 10.1. The van der Waals surface area contributed by atoms with Gasteiger partial charge in [-0.3, -0.25) is 10.1 Å². The summed E-state index contributed by atoms with van der Waals surface area (Å²) in [6.45, 7) is -0.152. The highest BCUT2D eigenvalue weighted by atomic mass is 32.2. The number of sulfonamides is 1. The van der Waals surface area contributed by atoms with Gasteiger partial charge >= 0.3 is 5.97 Å². The Bertz CT molecular complexity index is 612. The van der Waals surface area contributed by atoms with Gasteiger partial charge in [0, 0.05) is 18.7 Å². The zero-order valence-electron chi connectivity index (χ0n) is 9.57. The van der Waals surface area contributed by atoms with Crippen LogP contribution in [0.1, 0.15) is 10.4 Å². The van der Waals surface area contributed by atoms with Gasteiger partial charge in [0.1, 0.15) is 0 Å². The molecule has 0 aliphatic rings. The second-order valence-electron chi connectivity index (χ2n) is 3.59. The molecule has 0 saturated heterocycles. The Morgan fingerprint density at radius 2 is 2.11 bits per heavy atom.